The van der Waals surface area contributed by atoms with Crippen LogP contribution in [-0.4, -0.2) is 113 Å². The number of anilines is 2. The van der Waals surface area contributed by atoms with Crippen LogP contribution in [0.1, 0.15) is 77.9 Å². The Morgan fingerprint density at radius 3 is 2.43 bits per heavy atom. The molecule has 68 heavy (non-hydrogen) atoms. The Morgan fingerprint density at radius 1 is 0.897 bits per heavy atom. The SMILES string of the molecule is N#Cc1c(NS(=O)(=O)N2CC[C@@H](F)C2)ccc(F)c1Oc1ccc2ncn(-c3ccc(N4CCC(CN5CCC(c6ccc7c(c6)CN(C6CCC(=O)NC6=O)C7=O)CC5)CC4)nc3)c(=O)c2c1. The van der Waals surface area contributed by atoms with Crippen LogP contribution in [0.4, 0.5) is 20.3 Å². The minimum absolute atomic E-state index is 0.00291. The Kier molecular flexibility index (Phi) is 12.1. The van der Waals surface area contributed by atoms with Gasteiger partial charge in [-0.25, -0.2) is 18.7 Å². The van der Waals surface area contributed by atoms with Crippen molar-refractivity contribution >= 4 is 50.3 Å². The molecule has 0 aliphatic carbocycles. The third-order valence-corrected chi connectivity index (χ3v) is 15.4. The van der Waals surface area contributed by atoms with Gasteiger partial charge >= 0.3 is 10.2 Å². The number of hydrogen-bond donors (Lipinski definition) is 2. The van der Waals surface area contributed by atoms with Crippen LogP contribution in [0.15, 0.2) is 78.0 Å². The number of halogens is 2. The number of pyridine rings is 1. The van der Waals surface area contributed by atoms with Gasteiger partial charge in [-0.05, 0) is 123 Å². The summed E-state index contributed by atoms with van der Waals surface area (Å²) in [5.74, 6) is -0.597. The number of nitrogens with zero attached hydrogens (tertiary/aromatic N) is 8. The smallest absolute Gasteiger partial charge is 0.301 e. The van der Waals surface area contributed by atoms with Crippen molar-refractivity contribution in [1.82, 2.24) is 34.0 Å². The maximum absolute atomic E-state index is 15.2. The molecule has 2 atom stereocenters. The number of hydrogen-bond acceptors (Lipinski definition) is 12. The average Bonchev–Trinajstić information content (AvgIpc) is 3.93. The fourth-order valence-electron chi connectivity index (χ4n) is 10.1. The van der Waals surface area contributed by atoms with Gasteiger partial charge in [0.05, 0.1) is 28.5 Å². The number of nitriles is 1. The topological polar surface area (TPSA) is 203 Å². The molecule has 0 saturated carbocycles. The first-order chi connectivity index (χ1) is 32.8. The van der Waals surface area contributed by atoms with E-state index in [-0.39, 0.29) is 54.6 Å². The van der Waals surface area contributed by atoms with Crippen LogP contribution < -0.4 is 25.2 Å². The predicted octanol–water partition coefficient (Wildman–Crippen LogP) is 5.14. The molecular weight excluding hydrogens is 899 g/mol. The van der Waals surface area contributed by atoms with Gasteiger partial charge in [-0.3, -0.25) is 33.8 Å². The van der Waals surface area contributed by atoms with Crippen molar-refractivity contribution in [2.24, 2.45) is 5.92 Å². The van der Waals surface area contributed by atoms with Gasteiger partial charge < -0.3 is 19.4 Å². The molecule has 2 aromatic heterocycles. The minimum Gasteiger partial charge on any atom is -0.453 e. The van der Waals surface area contributed by atoms with Gasteiger partial charge in [-0.15, -0.1) is 0 Å². The first-order valence-electron chi connectivity index (χ1n) is 22.9. The molecule has 352 valence electrons. The van der Waals surface area contributed by atoms with Crippen LogP contribution >= 0.6 is 0 Å². The highest BCUT2D eigenvalue weighted by Crippen LogP contribution is 2.37. The van der Waals surface area contributed by atoms with E-state index in [0.29, 0.717) is 41.6 Å². The predicted molar refractivity (Wildman–Crippen MR) is 246 cm³/mol. The number of carbonyl (C=O) groups excluding carboxylic acids is 3. The number of likely N-dealkylation sites (tertiary alicyclic amines) is 1. The third-order valence-electron chi connectivity index (χ3n) is 13.9. The summed E-state index contributed by atoms with van der Waals surface area (Å²) in [4.78, 5) is 66.7. The van der Waals surface area contributed by atoms with Crippen LogP contribution in [0, 0.1) is 23.1 Å². The molecule has 0 spiro atoms. The Morgan fingerprint density at radius 2 is 1.71 bits per heavy atom. The molecule has 17 nitrogen and oxygen atoms in total. The largest absolute Gasteiger partial charge is 0.453 e. The van der Waals surface area contributed by atoms with E-state index in [0.717, 1.165) is 86.2 Å². The molecule has 20 heteroatoms. The summed E-state index contributed by atoms with van der Waals surface area (Å²) in [6, 6.07) is 17.3. The summed E-state index contributed by atoms with van der Waals surface area (Å²) in [6.07, 6.45) is 6.41. The quantitative estimate of drug-likeness (QED) is 0.165. The van der Waals surface area contributed by atoms with Gasteiger partial charge in [0.25, 0.3) is 11.5 Å². The maximum atomic E-state index is 15.2. The monoisotopic (exact) mass is 946 g/mol. The van der Waals surface area contributed by atoms with E-state index in [1.54, 1.807) is 23.2 Å². The van der Waals surface area contributed by atoms with Gasteiger partial charge in [0.2, 0.25) is 11.8 Å². The first-order valence-corrected chi connectivity index (χ1v) is 24.3. The lowest BCUT2D eigenvalue weighted by molar-refractivity contribution is -0.136. The minimum atomic E-state index is -4.24. The number of fused-ring (bicyclic) bond motifs is 2. The summed E-state index contributed by atoms with van der Waals surface area (Å²) < 4.78 is 65.1. The van der Waals surface area contributed by atoms with E-state index in [9.17, 15) is 37.2 Å². The van der Waals surface area contributed by atoms with Gasteiger partial charge in [-0.2, -0.15) is 18.0 Å². The van der Waals surface area contributed by atoms with E-state index in [1.807, 2.05) is 12.1 Å². The lowest BCUT2D eigenvalue weighted by Gasteiger charge is -2.38. The zero-order chi connectivity index (χ0) is 47.3. The van der Waals surface area contributed by atoms with Gasteiger partial charge in [0, 0.05) is 51.3 Å². The molecule has 0 radical (unpaired) electrons. The Balaban J connectivity index is 0.733. The van der Waals surface area contributed by atoms with Crippen molar-refractivity contribution in [3.05, 3.63) is 112 Å². The van der Waals surface area contributed by atoms with Crippen LogP contribution in [0.5, 0.6) is 11.5 Å². The zero-order valence-electron chi connectivity index (χ0n) is 36.9. The summed E-state index contributed by atoms with van der Waals surface area (Å²) in [5.41, 5.74) is 2.51. The fraction of sp³-hybridized carbons (Fsp3) is 0.396. The molecule has 3 amide bonds. The van der Waals surface area contributed by atoms with Crippen molar-refractivity contribution in [2.75, 3.05) is 55.4 Å². The van der Waals surface area contributed by atoms with Crippen LogP contribution in [-0.2, 0) is 26.3 Å². The summed E-state index contributed by atoms with van der Waals surface area (Å²) >= 11 is 0. The number of benzene rings is 3. The number of piperidine rings is 3. The van der Waals surface area contributed by atoms with Crippen molar-refractivity contribution in [3.8, 4) is 23.3 Å². The highest BCUT2D eigenvalue weighted by Gasteiger charge is 2.40. The molecule has 5 aliphatic rings. The lowest BCUT2D eigenvalue weighted by atomic mass is 9.87. The van der Waals surface area contributed by atoms with Crippen molar-refractivity contribution in [3.63, 3.8) is 0 Å². The molecular formula is C48H48F2N10O7S. The van der Waals surface area contributed by atoms with Gasteiger partial charge in [0.1, 0.15) is 41.7 Å². The second-order valence-electron chi connectivity index (χ2n) is 18.2. The Hall–Kier alpha value is -6.82. The molecule has 5 aromatic rings. The third kappa shape index (κ3) is 8.88. The van der Waals surface area contributed by atoms with Crippen LogP contribution in [0.3, 0.4) is 0 Å². The van der Waals surface area contributed by atoms with E-state index in [2.05, 4.69) is 37.0 Å². The number of imide groups is 1. The number of amides is 3. The van der Waals surface area contributed by atoms with Crippen LogP contribution in [0.25, 0.3) is 16.6 Å². The van der Waals surface area contributed by atoms with Gasteiger partial charge in [-0.1, -0.05) is 12.1 Å². The van der Waals surface area contributed by atoms with Crippen LogP contribution in [0.2, 0.25) is 0 Å². The number of aromatic nitrogens is 3. The van der Waals surface area contributed by atoms with E-state index < -0.39 is 51.0 Å². The molecule has 10 rings (SSSR count). The maximum Gasteiger partial charge on any atom is 0.301 e. The molecule has 4 saturated heterocycles. The van der Waals surface area contributed by atoms with E-state index in [4.69, 9.17) is 9.72 Å². The number of ether oxygens (including phenoxy) is 1. The number of nitrogens with one attached hydrogen (secondary N) is 2. The summed E-state index contributed by atoms with van der Waals surface area (Å²) in [7, 11) is -4.24. The Bertz CT molecular complexity index is 3040. The highest BCUT2D eigenvalue weighted by atomic mass is 32.2. The van der Waals surface area contributed by atoms with E-state index >= 15 is 4.39 Å². The standard InChI is InChI=1S/C48H48F2N10O7S/c49-33-15-20-58(27-33)68(65,66)55-41-7-5-39(50)45(38(41)23-51)67-35-3-6-40-37(22-35)48(64)60(28-53-40)34-2-9-43(52-24-34)57-18-11-29(12-19-57)25-56-16-13-30(14-17-56)31-1-4-36-32(21-31)26-59(47(36)63)42-8-10-44(61)54-46(42)62/h1-7,9,21-22,24,28-30,33,42,55H,8,10-20,25-27H2,(H,54,61,62)/t33-,42?/m1/s1. The average molecular weight is 947 g/mol. The van der Waals surface area contributed by atoms with Gasteiger partial charge in [0.15, 0.2) is 11.6 Å². The molecule has 0 bridgehead atoms. The first kappa shape index (κ1) is 45.0. The van der Waals surface area contributed by atoms with Crippen molar-refractivity contribution < 1.29 is 36.3 Å². The fourth-order valence-corrected chi connectivity index (χ4v) is 11.4. The second-order valence-corrected chi connectivity index (χ2v) is 19.8. The number of alkyl halides is 1. The Labute approximate surface area is 390 Å². The molecule has 7 heterocycles. The number of carbonyl (C=O) groups is 3. The molecule has 2 N–H and O–H groups in total. The lowest BCUT2D eigenvalue weighted by Crippen LogP contribution is -2.52. The van der Waals surface area contributed by atoms with Crippen molar-refractivity contribution in [1.29, 1.82) is 5.26 Å². The molecule has 4 fully saturated rings. The zero-order valence-corrected chi connectivity index (χ0v) is 37.8. The summed E-state index contributed by atoms with van der Waals surface area (Å²) in [6.45, 7) is 4.71. The normalized spacial score (nSPS) is 21.0. The number of rotatable bonds is 11. The van der Waals surface area contributed by atoms with E-state index in [1.165, 1.54) is 34.7 Å². The second kappa shape index (κ2) is 18.3. The molecule has 1 unspecified atom stereocenters. The highest BCUT2D eigenvalue weighted by molar-refractivity contribution is 7.90. The molecule has 3 aromatic carbocycles. The summed E-state index contributed by atoms with van der Waals surface area (Å²) in [5, 5.41) is 12.5. The van der Waals surface area contributed by atoms with Crippen molar-refractivity contribution in [2.45, 2.75) is 69.6 Å². The molecule has 5 aliphatic heterocycles.